The van der Waals surface area contributed by atoms with Gasteiger partial charge in [0.15, 0.2) is 0 Å². The van der Waals surface area contributed by atoms with Crippen LogP contribution in [0.4, 0.5) is 15.8 Å². The Kier molecular flexibility index (Phi) is 4.61. The summed E-state index contributed by atoms with van der Waals surface area (Å²) in [6.45, 7) is 0. The summed E-state index contributed by atoms with van der Waals surface area (Å²) in [4.78, 5) is 14.7. The number of hydrogen-bond donors (Lipinski definition) is 1. The minimum Gasteiger partial charge on any atom is -0.497 e. The third-order valence-electron chi connectivity index (χ3n) is 4.77. The molecule has 1 aliphatic heterocycles. The van der Waals surface area contributed by atoms with Crippen molar-refractivity contribution in [2.75, 3.05) is 24.4 Å². The normalized spacial score (nSPS) is 15.6. The Balaban J connectivity index is 1.91. The molecule has 1 amide bonds. The molecule has 3 aromatic rings. The zero-order valence-electron chi connectivity index (χ0n) is 15.5. The van der Waals surface area contributed by atoms with Crippen LogP contribution in [0.25, 0.3) is 0 Å². The lowest BCUT2D eigenvalue weighted by molar-refractivity contribution is 0.0973. The molecule has 0 aromatic heterocycles. The molecular weight excluding hydrogens is 359 g/mol. The SMILES string of the molecule is COc1ccc([C@@H]2Nc3ccccc3C(=O)N2c2ccccc2F)c(OC)c1. The Morgan fingerprint density at radius 1 is 0.964 bits per heavy atom. The molecule has 1 heterocycles. The molecule has 0 fully saturated rings. The second kappa shape index (κ2) is 7.23. The predicted molar refractivity (Wildman–Crippen MR) is 106 cm³/mol. The zero-order valence-corrected chi connectivity index (χ0v) is 15.5. The van der Waals surface area contributed by atoms with Gasteiger partial charge in [0.25, 0.3) is 5.91 Å². The van der Waals surface area contributed by atoms with Gasteiger partial charge in [0.05, 0.1) is 25.5 Å². The monoisotopic (exact) mass is 378 g/mol. The molecule has 142 valence electrons. The fourth-order valence-corrected chi connectivity index (χ4v) is 3.41. The van der Waals surface area contributed by atoms with E-state index in [-0.39, 0.29) is 11.6 Å². The summed E-state index contributed by atoms with van der Waals surface area (Å²) < 4.78 is 25.4. The topological polar surface area (TPSA) is 50.8 Å². The zero-order chi connectivity index (χ0) is 19.7. The van der Waals surface area contributed by atoms with Crippen LogP contribution >= 0.6 is 0 Å². The van der Waals surface area contributed by atoms with Crippen LogP contribution in [0.2, 0.25) is 0 Å². The molecule has 0 radical (unpaired) electrons. The lowest BCUT2D eigenvalue weighted by Crippen LogP contribution is -2.43. The summed E-state index contributed by atoms with van der Waals surface area (Å²) in [6, 6.07) is 18.7. The number of halogens is 1. The van der Waals surface area contributed by atoms with Crippen molar-refractivity contribution in [1.82, 2.24) is 0 Å². The minimum absolute atomic E-state index is 0.192. The minimum atomic E-state index is -0.653. The quantitative estimate of drug-likeness (QED) is 0.720. The first-order chi connectivity index (χ1) is 13.6. The van der Waals surface area contributed by atoms with Gasteiger partial charge in [-0.25, -0.2) is 4.39 Å². The molecule has 28 heavy (non-hydrogen) atoms. The number of nitrogens with one attached hydrogen (secondary N) is 1. The summed E-state index contributed by atoms with van der Waals surface area (Å²) in [5.41, 5.74) is 2.05. The van der Waals surface area contributed by atoms with E-state index in [1.54, 1.807) is 56.7 Å². The van der Waals surface area contributed by atoms with Gasteiger partial charge >= 0.3 is 0 Å². The molecule has 4 rings (SSSR count). The molecule has 0 bridgehead atoms. The van der Waals surface area contributed by atoms with Gasteiger partial charge in [-0.05, 0) is 36.4 Å². The van der Waals surface area contributed by atoms with E-state index in [9.17, 15) is 9.18 Å². The number of ether oxygens (including phenoxy) is 2. The van der Waals surface area contributed by atoms with Crippen molar-refractivity contribution < 1.29 is 18.7 Å². The first kappa shape index (κ1) is 17.9. The van der Waals surface area contributed by atoms with Crippen LogP contribution < -0.4 is 19.7 Å². The molecule has 1 aliphatic rings. The molecule has 0 aliphatic carbocycles. The first-order valence-corrected chi connectivity index (χ1v) is 8.79. The van der Waals surface area contributed by atoms with Crippen molar-refractivity contribution in [3.8, 4) is 11.5 Å². The summed E-state index contributed by atoms with van der Waals surface area (Å²) in [5.74, 6) is 0.391. The van der Waals surface area contributed by atoms with Crippen molar-refractivity contribution >= 4 is 17.3 Å². The van der Waals surface area contributed by atoms with Crippen LogP contribution in [0.1, 0.15) is 22.1 Å². The summed E-state index contributed by atoms with van der Waals surface area (Å²) in [7, 11) is 3.11. The molecule has 0 saturated carbocycles. The van der Waals surface area contributed by atoms with E-state index < -0.39 is 12.0 Å². The van der Waals surface area contributed by atoms with Crippen molar-refractivity contribution in [3.63, 3.8) is 0 Å². The molecule has 0 spiro atoms. The highest BCUT2D eigenvalue weighted by Crippen LogP contribution is 2.41. The van der Waals surface area contributed by atoms with Gasteiger partial charge in [0.2, 0.25) is 0 Å². The van der Waals surface area contributed by atoms with Crippen LogP contribution in [0.5, 0.6) is 11.5 Å². The van der Waals surface area contributed by atoms with Gasteiger partial charge in [-0.3, -0.25) is 9.69 Å². The van der Waals surface area contributed by atoms with Crippen molar-refractivity contribution in [2.45, 2.75) is 6.17 Å². The smallest absolute Gasteiger partial charge is 0.262 e. The highest BCUT2D eigenvalue weighted by molar-refractivity contribution is 6.12. The highest BCUT2D eigenvalue weighted by Gasteiger charge is 2.36. The lowest BCUT2D eigenvalue weighted by atomic mass is 10.0. The van der Waals surface area contributed by atoms with Crippen LogP contribution in [-0.4, -0.2) is 20.1 Å². The first-order valence-electron chi connectivity index (χ1n) is 8.79. The Hall–Kier alpha value is -3.54. The Labute approximate surface area is 162 Å². The number of nitrogens with zero attached hydrogens (tertiary/aromatic N) is 1. The highest BCUT2D eigenvalue weighted by atomic mass is 19.1. The van der Waals surface area contributed by atoms with Crippen LogP contribution in [0.3, 0.4) is 0 Å². The maximum absolute atomic E-state index is 14.6. The number of fused-ring (bicyclic) bond motifs is 1. The number of rotatable bonds is 4. The van der Waals surface area contributed by atoms with Crippen molar-refractivity contribution in [1.29, 1.82) is 0 Å². The maximum atomic E-state index is 14.6. The Morgan fingerprint density at radius 2 is 1.71 bits per heavy atom. The van der Waals surface area contributed by atoms with Crippen LogP contribution in [0, 0.1) is 5.82 Å². The van der Waals surface area contributed by atoms with Gasteiger partial charge in [-0.15, -0.1) is 0 Å². The van der Waals surface area contributed by atoms with Gasteiger partial charge in [-0.1, -0.05) is 24.3 Å². The fraction of sp³-hybridized carbons (Fsp3) is 0.136. The summed E-state index contributed by atoms with van der Waals surface area (Å²) >= 11 is 0. The lowest BCUT2D eigenvalue weighted by Gasteiger charge is -2.38. The van der Waals surface area contributed by atoms with Gasteiger partial charge < -0.3 is 14.8 Å². The summed E-state index contributed by atoms with van der Waals surface area (Å²) in [5, 5.41) is 3.35. The van der Waals surface area contributed by atoms with Crippen LogP contribution in [0.15, 0.2) is 66.7 Å². The number of methoxy groups -OCH3 is 2. The number of hydrogen-bond acceptors (Lipinski definition) is 4. The predicted octanol–water partition coefficient (Wildman–Crippen LogP) is 4.61. The summed E-state index contributed by atoms with van der Waals surface area (Å²) in [6.07, 6.45) is -0.653. The third kappa shape index (κ3) is 2.93. The third-order valence-corrected chi connectivity index (χ3v) is 4.77. The fourth-order valence-electron chi connectivity index (χ4n) is 3.41. The molecule has 1 atom stereocenters. The molecule has 0 saturated heterocycles. The number of para-hydroxylation sites is 2. The maximum Gasteiger partial charge on any atom is 0.262 e. The number of anilines is 2. The van der Waals surface area contributed by atoms with Crippen molar-refractivity contribution in [2.24, 2.45) is 0 Å². The largest absolute Gasteiger partial charge is 0.497 e. The van der Waals surface area contributed by atoms with E-state index in [4.69, 9.17) is 9.47 Å². The number of carbonyl (C=O) groups excluding carboxylic acids is 1. The number of amides is 1. The van der Waals surface area contributed by atoms with Gasteiger partial charge in [0.1, 0.15) is 23.5 Å². The van der Waals surface area contributed by atoms with E-state index in [2.05, 4.69) is 5.32 Å². The van der Waals surface area contributed by atoms with Crippen molar-refractivity contribution in [3.05, 3.63) is 83.7 Å². The molecule has 1 N–H and O–H groups in total. The van der Waals surface area contributed by atoms with Gasteiger partial charge in [-0.2, -0.15) is 0 Å². The molecule has 6 heteroatoms. The molecule has 3 aromatic carbocycles. The average Bonchev–Trinajstić information content (AvgIpc) is 2.74. The average molecular weight is 378 g/mol. The number of carbonyl (C=O) groups is 1. The second-order valence-electron chi connectivity index (χ2n) is 6.33. The molecule has 0 unspecified atom stereocenters. The van der Waals surface area contributed by atoms with Gasteiger partial charge in [0, 0.05) is 17.3 Å². The van der Waals surface area contributed by atoms with E-state index in [1.807, 2.05) is 18.2 Å². The molecule has 5 nitrogen and oxygen atoms in total. The van der Waals surface area contributed by atoms with E-state index in [1.165, 1.54) is 11.0 Å². The van der Waals surface area contributed by atoms with E-state index >= 15 is 0 Å². The van der Waals surface area contributed by atoms with E-state index in [0.29, 0.717) is 28.3 Å². The molecular formula is C22H19FN2O3. The van der Waals surface area contributed by atoms with E-state index in [0.717, 1.165) is 0 Å². The standard InChI is InChI=1S/C22H19FN2O3/c1-27-14-11-12-16(20(13-14)28-2)21-24-18-9-5-3-7-15(18)22(26)25(21)19-10-6-4-8-17(19)23/h3-13,21,24H,1-2H3/t21-/m1/s1. The Morgan fingerprint density at radius 3 is 2.46 bits per heavy atom. The second-order valence-corrected chi connectivity index (χ2v) is 6.33. The number of benzene rings is 3. The Bertz CT molecular complexity index is 1040. The van der Waals surface area contributed by atoms with Crippen LogP contribution in [-0.2, 0) is 0 Å².